The largest absolute Gasteiger partial charge is 0.352 e. The van der Waals surface area contributed by atoms with E-state index in [1.54, 1.807) is 30.6 Å². The third-order valence-electron chi connectivity index (χ3n) is 3.26. The van der Waals surface area contributed by atoms with Gasteiger partial charge in [-0.3, -0.25) is 9.78 Å². The van der Waals surface area contributed by atoms with Crippen LogP contribution in [0.2, 0.25) is 0 Å². The number of hydrogen-bond donors (Lipinski definition) is 2. The van der Waals surface area contributed by atoms with Crippen LogP contribution in [0.5, 0.6) is 0 Å². The number of aryl methyl sites for hydroxylation is 1. The molecule has 2 aromatic heterocycles. The van der Waals surface area contributed by atoms with Crippen LogP contribution in [0.15, 0.2) is 42.7 Å². The van der Waals surface area contributed by atoms with Gasteiger partial charge in [0.25, 0.3) is 5.91 Å². The zero-order valence-corrected chi connectivity index (χ0v) is 11.4. The molecule has 0 aliphatic carbocycles. The van der Waals surface area contributed by atoms with Gasteiger partial charge in [-0.2, -0.15) is 15.4 Å². The molecule has 106 valence electrons. The van der Waals surface area contributed by atoms with E-state index in [-0.39, 0.29) is 5.91 Å². The van der Waals surface area contributed by atoms with Gasteiger partial charge < -0.3 is 5.32 Å². The van der Waals surface area contributed by atoms with E-state index in [0.29, 0.717) is 17.6 Å². The normalized spacial score (nSPS) is 10.7. The van der Waals surface area contributed by atoms with Gasteiger partial charge in [0.1, 0.15) is 11.0 Å². The molecule has 0 saturated heterocycles. The summed E-state index contributed by atoms with van der Waals surface area (Å²) in [4.78, 5) is 16.0. The molecule has 2 heterocycles. The van der Waals surface area contributed by atoms with E-state index in [9.17, 15) is 4.79 Å². The summed E-state index contributed by atoms with van der Waals surface area (Å²) in [5.41, 5.74) is 3.27. The maximum Gasteiger partial charge on any atom is 0.251 e. The van der Waals surface area contributed by atoms with Crippen molar-refractivity contribution < 1.29 is 4.79 Å². The fraction of sp³-hybridized carbons (Fsp3) is 0.200. The van der Waals surface area contributed by atoms with Crippen LogP contribution in [-0.2, 0) is 6.42 Å². The van der Waals surface area contributed by atoms with Crippen LogP contribution < -0.4 is 5.32 Å². The molecule has 3 aromatic rings. The van der Waals surface area contributed by atoms with E-state index in [2.05, 4.69) is 25.7 Å². The van der Waals surface area contributed by atoms with Gasteiger partial charge in [-0.05, 0) is 48.7 Å². The molecule has 1 amide bonds. The molecule has 0 atom stereocenters. The Labute approximate surface area is 121 Å². The number of amides is 1. The minimum absolute atomic E-state index is 0.0883. The van der Waals surface area contributed by atoms with Crippen molar-refractivity contribution >= 4 is 16.9 Å². The molecule has 6 heteroatoms. The predicted molar refractivity (Wildman–Crippen MR) is 78.8 cm³/mol. The van der Waals surface area contributed by atoms with Crippen molar-refractivity contribution in [2.45, 2.75) is 12.8 Å². The van der Waals surface area contributed by atoms with Crippen molar-refractivity contribution in [2.75, 3.05) is 6.54 Å². The predicted octanol–water partition coefficient (Wildman–Crippen LogP) is 1.72. The second-order valence-corrected chi connectivity index (χ2v) is 4.74. The number of carbonyl (C=O) groups excluding carboxylic acids is 1. The maximum atomic E-state index is 12.0. The number of benzene rings is 1. The Morgan fingerprint density at radius 2 is 1.90 bits per heavy atom. The smallest absolute Gasteiger partial charge is 0.251 e. The van der Waals surface area contributed by atoms with Crippen LogP contribution in [0.25, 0.3) is 11.0 Å². The van der Waals surface area contributed by atoms with E-state index < -0.39 is 0 Å². The van der Waals surface area contributed by atoms with Gasteiger partial charge >= 0.3 is 0 Å². The van der Waals surface area contributed by atoms with Crippen LogP contribution in [0.4, 0.5) is 0 Å². The van der Waals surface area contributed by atoms with E-state index in [1.807, 2.05) is 12.1 Å². The number of rotatable bonds is 5. The quantitative estimate of drug-likeness (QED) is 0.697. The average Bonchev–Trinajstić information content (AvgIpc) is 3.00. The summed E-state index contributed by atoms with van der Waals surface area (Å²) >= 11 is 0. The molecule has 0 aliphatic rings. The highest BCUT2D eigenvalue weighted by atomic mass is 16.1. The van der Waals surface area contributed by atoms with Crippen LogP contribution in [0, 0.1) is 0 Å². The number of aromatic nitrogens is 4. The Bertz CT molecular complexity index is 738. The fourth-order valence-electron chi connectivity index (χ4n) is 2.13. The van der Waals surface area contributed by atoms with Crippen molar-refractivity contribution in [3.05, 3.63) is 53.9 Å². The lowest BCUT2D eigenvalue weighted by Crippen LogP contribution is -2.24. The average molecular weight is 281 g/mol. The zero-order valence-electron chi connectivity index (χ0n) is 11.4. The highest BCUT2D eigenvalue weighted by Gasteiger charge is 2.07. The van der Waals surface area contributed by atoms with E-state index in [1.165, 1.54) is 5.56 Å². The molecule has 3 rings (SSSR count). The van der Waals surface area contributed by atoms with Crippen molar-refractivity contribution in [2.24, 2.45) is 0 Å². The Hall–Kier alpha value is -2.76. The minimum atomic E-state index is -0.0883. The second-order valence-electron chi connectivity index (χ2n) is 4.74. The lowest BCUT2D eigenvalue weighted by Gasteiger charge is -2.05. The summed E-state index contributed by atoms with van der Waals surface area (Å²) in [5, 5.41) is 13.4. The Morgan fingerprint density at radius 3 is 2.76 bits per heavy atom. The topological polar surface area (TPSA) is 83.6 Å². The van der Waals surface area contributed by atoms with Crippen molar-refractivity contribution in [3.8, 4) is 0 Å². The number of nitrogens with zero attached hydrogens (tertiary/aromatic N) is 3. The molecule has 0 aliphatic heterocycles. The summed E-state index contributed by atoms with van der Waals surface area (Å²) < 4.78 is 0. The molecule has 0 unspecified atom stereocenters. The molecule has 6 nitrogen and oxygen atoms in total. The van der Waals surface area contributed by atoms with Gasteiger partial charge in [-0.25, -0.2) is 0 Å². The molecule has 0 saturated carbocycles. The number of hydrogen-bond acceptors (Lipinski definition) is 4. The highest BCUT2D eigenvalue weighted by Crippen LogP contribution is 2.10. The number of H-pyrrole nitrogens is 1. The fourth-order valence-corrected chi connectivity index (χ4v) is 2.13. The SMILES string of the molecule is O=C(NCCCc1ccncc1)c1ccc2n[nH]nc2c1. The number of carbonyl (C=O) groups is 1. The van der Waals surface area contributed by atoms with Gasteiger partial charge in [-0.1, -0.05) is 0 Å². The van der Waals surface area contributed by atoms with Crippen molar-refractivity contribution in [3.63, 3.8) is 0 Å². The standard InChI is InChI=1S/C15H15N5O/c21-15(12-3-4-13-14(10-12)19-20-18-13)17-7-1-2-11-5-8-16-9-6-11/h3-6,8-10H,1-2,7H2,(H,17,21)(H,18,19,20). The third-order valence-corrected chi connectivity index (χ3v) is 3.26. The zero-order chi connectivity index (χ0) is 14.5. The Balaban J connectivity index is 1.52. The lowest BCUT2D eigenvalue weighted by atomic mass is 10.1. The van der Waals surface area contributed by atoms with E-state index in [0.717, 1.165) is 18.4 Å². The number of fused-ring (bicyclic) bond motifs is 1. The first-order valence-corrected chi connectivity index (χ1v) is 6.80. The summed E-state index contributed by atoms with van der Waals surface area (Å²) in [6.07, 6.45) is 5.37. The summed E-state index contributed by atoms with van der Waals surface area (Å²) in [5.74, 6) is -0.0883. The second kappa shape index (κ2) is 6.13. The van der Waals surface area contributed by atoms with E-state index in [4.69, 9.17) is 0 Å². The monoisotopic (exact) mass is 281 g/mol. The molecular formula is C15H15N5O. The van der Waals surface area contributed by atoms with E-state index >= 15 is 0 Å². The summed E-state index contributed by atoms with van der Waals surface area (Å²) in [6, 6.07) is 9.24. The number of pyridine rings is 1. The first kappa shape index (κ1) is 13.2. The van der Waals surface area contributed by atoms with Crippen LogP contribution in [0.3, 0.4) is 0 Å². The highest BCUT2D eigenvalue weighted by molar-refractivity contribution is 5.97. The molecule has 0 spiro atoms. The molecule has 2 N–H and O–H groups in total. The molecule has 0 radical (unpaired) electrons. The Morgan fingerprint density at radius 1 is 1.10 bits per heavy atom. The first-order chi connectivity index (χ1) is 10.3. The molecule has 0 bridgehead atoms. The maximum absolute atomic E-state index is 12.0. The lowest BCUT2D eigenvalue weighted by molar-refractivity contribution is 0.0953. The first-order valence-electron chi connectivity index (χ1n) is 6.80. The summed E-state index contributed by atoms with van der Waals surface area (Å²) in [6.45, 7) is 0.637. The number of aromatic amines is 1. The van der Waals surface area contributed by atoms with Crippen LogP contribution in [-0.4, -0.2) is 32.8 Å². The van der Waals surface area contributed by atoms with Gasteiger partial charge in [0.05, 0.1) is 0 Å². The Kier molecular flexibility index (Phi) is 3.86. The van der Waals surface area contributed by atoms with Gasteiger partial charge in [0.15, 0.2) is 0 Å². The van der Waals surface area contributed by atoms with Gasteiger partial charge in [0, 0.05) is 24.5 Å². The van der Waals surface area contributed by atoms with Crippen LogP contribution >= 0.6 is 0 Å². The molecular weight excluding hydrogens is 266 g/mol. The molecule has 1 aromatic carbocycles. The van der Waals surface area contributed by atoms with Gasteiger partial charge in [0.2, 0.25) is 0 Å². The summed E-state index contributed by atoms with van der Waals surface area (Å²) in [7, 11) is 0. The van der Waals surface area contributed by atoms with Crippen molar-refractivity contribution in [1.29, 1.82) is 0 Å². The molecule has 21 heavy (non-hydrogen) atoms. The van der Waals surface area contributed by atoms with Crippen LogP contribution in [0.1, 0.15) is 22.3 Å². The number of nitrogens with one attached hydrogen (secondary N) is 2. The van der Waals surface area contributed by atoms with Gasteiger partial charge in [-0.15, -0.1) is 0 Å². The third kappa shape index (κ3) is 3.22. The minimum Gasteiger partial charge on any atom is -0.352 e. The van der Waals surface area contributed by atoms with Crippen molar-refractivity contribution in [1.82, 2.24) is 25.7 Å². The molecule has 0 fully saturated rings.